The summed E-state index contributed by atoms with van der Waals surface area (Å²) in [5, 5.41) is 1.52. The molecule has 1 heterocycles. The van der Waals surface area contributed by atoms with Crippen LogP contribution >= 0.6 is 11.8 Å². The molecule has 1 aromatic carbocycles. The normalized spacial score (nSPS) is 18.9. The lowest BCUT2D eigenvalue weighted by Gasteiger charge is -2.05. The first kappa shape index (κ1) is 10.4. The van der Waals surface area contributed by atoms with Crippen molar-refractivity contribution in [3.8, 4) is 0 Å². The summed E-state index contributed by atoms with van der Waals surface area (Å²) in [6, 6.07) is 0.854. The third kappa shape index (κ3) is 1.40. The summed E-state index contributed by atoms with van der Waals surface area (Å²) < 4.78 is 39.0. The van der Waals surface area contributed by atoms with Gasteiger partial charge in [-0.05, 0) is 12.3 Å². The molecule has 0 aromatic heterocycles. The maximum atomic E-state index is 13.2. The van der Waals surface area contributed by atoms with E-state index >= 15 is 0 Å². The maximum Gasteiger partial charge on any atom is 0.242 e. The van der Waals surface area contributed by atoms with Crippen LogP contribution in [0.15, 0.2) is 6.07 Å². The van der Waals surface area contributed by atoms with Crippen molar-refractivity contribution in [2.24, 2.45) is 0 Å². The van der Waals surface area contributed by atoms with Crippen LogP contribution < -0.4 is 5.32 Å². The van der Waals surface area contributed by atoms with E-state index in [4.69, 9.17) is 0 Å². The van der Waals surface area contributed by atoms with Crippen LogP contribution in [0.1, 0.15) is 10.8 Å². The fourth-order valence-electron chi connectivity index (χ4n) is 1.51. The van der Waals surface area contributed by atoms with E-state index in [0.29, 0.717) is 0 Å². The average Bonchev–Trinajstić information content (AvgIpc) is 2.51. The van der Waals surface area contributed by atoms with Gasteiger partial charge in [0.05, 0.1) is 5.69 Å². The quantitative estimate of drug-likeness (QED) is 0.755. The number of fused-ring (bicyclic) bond motifs is 1. The standard InChI is InChI=1S/C9H6F3NOS/c1-15-8-3-2-4(10)5(11)6(12)7(3)13-9(8)14/h2,8H,1H3,(H,13,14). The topological polar surface area (TPSA) is 29.1 Å². The summed E-state index contributed by atoms with van der Waals surface area (Å²) in [6.07, 6.45) is 1.64. The first-order valence-electron chi connectivity index (χ1n) is 4.07. The second kappa shape index (κ2) is 3.44. The Labute approximate surface area is 87.9 Å². The molecule has 2 nitrogen and oxygen atoms in total. The molecule has 1 aliphatic rings. The minimum absolute atomic E-state index is 0.156. The van der Waals surface area contributed by atoms with Gasteiger partial charge in [-0.25, -0.2) is 13.2 Å². The van der Waals surface area contributed by atoms with Gasteiger partial charge in [0.1, 0.15) is 5.25 Å². The lowest BCUT2D eigenvalue weighted by molar-refractivity contribution is -0.115. The monoisotopic (exact) mass is 233 g/mol. The molecular formula is C9H6F3NOS. The van der Waals surface area contributed by atoms with Crippen LogP contribution in [0.25, 0.3) is 0 Å². The molecule has 1 aliphatic heterocycles. The van der Waals surface area contributed by atoms with Crippen LogP contribution in [-0.2, 0) is 4.79 Å². The van der Waals surface area contributed by atoms with Crippen molar-refractivity contribution in [2.45, 2.75) is 5.25 Å². The lowest BCUT2D eigenvalue weighted by atomic mass is 10.1. The number of nitrogens with one attached hydrogen (secondary N) is 1. The zero-order chi connectivity index (χ0) is 11.2. The number of anilines is 1. The Balaban J connectivity index is 2.64. The van der Waals surface area contributed by atoms with Crippen LogP contribution in [-0.4, -0.2) is 12.2 Å². The molecule has 1 unspecified atom stereocenters. The van der Waals surface area contributed by atoms with Crippen LogP contribution in [0.5, 0.6) is 0 Å². The van der Waals surface area contributed by atoms with E-state index in [1.165, 1.54) is 0 Å². The van der Waals surface area contributed by atoms with Gasteiger partial charge < -0.3 is 5.32 Å². The molecule has 0 bridgehead atoms. The minimum Gasteiger partial charge on any atom is -0.322 e. The Bertz CT molecular complexity index is 449. The summed E-state index contributed by atoms with van der Waals surface area (Å²) in [6.45, 7) is 0. The van der Waals surface area contributed by atoms with E-state index in [0.717, 1.165) is 17.8 Å². The molecule has 15 heavy (non-hydrogen) atoms. The molecule has 0 fully saturated rings. The molecule has 6 heteroatoms. The van der Waals surface area contributed by atoms with Crippen molar-refractivity contribution in [1.29, 1.82) is 0 Å². The number of thioether (sulfide) groups is 1. The molecule has 80 valence electrons. The largest absolute Gasteiger partial charge is 0.322 e. The molecule has 1 aromatic rings. The summed E-state index contributed by atoms with van der Waals surface area (Å²) in [4.78, 5) is 11.3. The fourth-order valence-corrected chi connectivity index (χ4v) is 2.22. The van der Waals surface area contributed by atoms with E-state index in [-0.39, 0.29) is 11.3 Å². The first-order valence-corrected chi connectivity index (χ1v) is 5.36. The van der Waals surface area contributed by atoms with Crippen LogP contribution in [0.4, 0.5) is 18.9 Å². The number of hydrogen-bond donors (Lipinski definition) is 1. The van der Waals surface area contributed by atoms with E-state index in [9.17, 15) is 18.0 Å². The summed E-state index contributed by atoms with van der Waals surface area (Å²) >= 11 is 1.14. The molecule has 0 spiro atoms. The summed E-state index contributed by atoms with van der Waals surface area (Å²) in [5.41, 5.74) is -0.0952. The lowest BCUT2D eigenvalue weighted by Crippen LogP contribution is -2.08. The molecule has 0 saturated carbocycles. The highest BCUT2D eigenvalue weighted by Gasteiger charge is 2.34. The Hall–Kier alpha value is -1.17. The molecule has 2 rings (SSSR count). The molecule has 1 atom stereocenters. The predicted octanol–water partition coefficient (Wildman–Crippen LogP) is 2.46. The highest BCUT2D eigenvalue weighted by molar-refractivity contribution is 7.99. The van der Waals surface area contributed by atoms with Crippen molar-refractivity contribution >= 4 is 23.4 Å². The van der Waals surface area contributed by atoms with Gasteiger partial charge in [0.25, 0.3) is 0 Å². The second-order valence-corrected chi connectivity index (χ2v) is 4.00. The van der Waals surface area contributed by atoms with Gasteiger partial charge in [-0.15, -0.1) is 11.8 Å². The SMILES string of the molecule is CSC1C(=O)Nc2c1cc(F)c(F)c2F. The zero-order valence-electron chi connectivity index (χ0n) is 7.61. The van der Waals surface area contributed by atoms with Gasteiger partial charge in [-0.1, -0.05) is 0 Å². The van der Waals surface area contributed by atoms with Crippen molar-refractivity contribution in [2.75, 3.05) is 11.6 Å². The summed E-state index contributed by atoms with van der Waals surface area (Å²) in [5.74, 6) is -4.63. The van der Waals surface area contributed by atoms with E-state index in [2.05, 4.69) is 5.32 Å². The molecule has 0 aliphatic carbocycles. The fraction of sp³-hybridized carbons (Fsp3) is 0.222. The third-order valence-corrected chi connectivity index (χ3v) is 3.14. The first-order chi connectivity index (χ1) is 7.06. The second-order valence-electron chi connectivity index (χ2n) is 3.06. The van der Waals surface area contributed by atoms with Crippen LogP contribution in [0, 0.1) is 17.5 Å². The van der Waals surface area contributed by atoms with Crippen molar-refractivity contribution in [3.63, 3.8) is 0 Å². The van der Waals surface area contributed by atoms with Gasteiger partial charge >= 0.3 is 0 Å². The highest BCUT2D eigenvalue weighted by Crippen LogP contribution is 2.41. The average molecular weight is 233 g/mol. The number of amides is 1. The van der Waals surface area contributed by atoms with E-state index in [1.54, 1.807) is 6.26 Å². The number of hydrogen-bond acceptors (Lipinski definition) is 2. The Morgan fingerprint density at radius 3 is 2.60 bits per heavy atom. The van der Waals surface area contributed by atoms with Gasteiger partial charge in [0, 0.05) is 5.56 Å². The van der Waals surface area contributed by atoms with Crippen LogP contribution in [0.2, 0.25) is 0 Å². The zero-order valence-corrected chi connectivity index (χ0v) is 8.42. The highest BCUT2D eigenvalue weighted by atomic mass is 32.2. The molecule has 0 radical (unpaired) electrons. The Morgan fingerprint density at radius 1 is 1.33 bits per heavy atom. The number of halogens is 3. The Morgan fingerprint density at radius 2 is 2.00 bits per heavy atom. The number of benzene rings is 1. The predicted molar refractivity (Wildman–Crippen MR) is 51.2 cm³/mol. The van der Waals surface area contributed by atoms with Gasteiger partial charge in [-0.2, -0.15) is 0 Å². The van der Waals surface area contributed by atoms with Crippen molar-refractivity contribution < 1.29 is 18.0 Å². The maximum absolute atomic E-state index is 13.2. The third-order valence-electron chi connectivity index (χ3n) is 2.20. The van der Waals surface area contributed by atoms with Gasteiger partial charge in [0.15, 0.2) is 17.5 Å². The van der Waals surface area contributed by atoms with Crippen molar-refractivity contribution in [1.82, 2.24) is 0 Å². The van der Waals surface area contributed by atoms with Gasteiger partial charge in [0.2, 0.25) is 5.91 Å². The molecular weight excluding hydrogens is 227 g/mol. The smallest absolute Gasteiger partial charge is 0.242 e. The molecule has 0 saturated heterocycles. The summed E-state index contributed by atoms with van der Waals surface area (Å²) in [7, 11) is 0. The number of carbonyl (C=O) groups is 1. The van der Waals surface area contributed by atoms with Crippen molar-refractivity contribution in [3.05, 3.63) is 29.1 Å². The molecule has 1 N–H and O–H groups in total. The molecule has 1 amide bonds. The van der Waals surface area contributed by atoms with Gasteiger partial charge in [-0.3, -0.25) is 4.79 Å². The van der Waals surface area contributed by atoms with E-state index in [1.807, 2.05) is 0 Å². The Kier molecular flexibility index (Phi) is 2.38. The van der Waals surface area contributed by atoms with E-state index < -0.39 is 28.6 Å². The minimum atomic E-state index is -1.56. The number of carbonyl (C=O) groups excluding carboxylic acids is 1. The van der Waals surface area contributed by atoms with Crippen LogP contribution in [0.3, 0.4) is 0 Å². The number of rotatable bonds is 1.